The molecular formula is C14H18N2OS. The van der Waals surface area contributed by atoms with Gasteiger partial charge < -0.3 is 10.0 Å². The van der Waals surface area contributed by atoms with Crippen LogP contribution in [0.5, 0.6) is 0 Å². The van der Waals surface area contributed by atoms with Crippen LogP contribution in [0.15, 0.2) is 35.8 Å². The molecule has 0 bridgehead atoms. The van der Waals surface area contributed by atoms with Crippen molar-refractivity contribution >= 4 is 17.0 Å². The van der Waals surface area contributed by atoms with Crippen LogP contribution < -0.4 is 4.90 Å². The van der Waals surface area contributed by atoms with Crippen LogP contribution in [0.3, 0.4) is 0 Å². The fourth-order valence-electron chi connectivity index (χ4n) is 1.88. The maximum Gasteiger partial charge on any atom is 0.0853 e. The van der Waals surface area contributed by atoms with Crippen LogP contribution in [0.2, 0.25) is 0 Å². The molecule has 2 aromatic rings. The minimum absolute atomic E-state index is 0.0129. The molecule has 1 N–H and O–H groups in total. The Morgan fingerprint density at radius 2 is 2.28 bits per heavy atom. The van der Waals surface area contributed by atoms with Gasteiger partial charge in [-0.1, -0.05) is 6.07 Å². The molecule has 0 radical (unpaired) electrons. The van der Waals surface area contributed by atoms with Crippen LogP contribution >= 0.6 is 11.3 Å². The summed E-state index contributed by atoms with van der Waals surface area (Å²) in [6, 6.07) is 8.58. The summed E-state index contributed by atoms with van der Waals surface area (Å²) in [6.07, 6.45) is 2.78. The van der Waals surface area contributed by atoms with Gasteiger partial charge in [0, 0.05) is 36.3 Å². The molecule has 96 valence electrons. The maximum atomic E-state index is 9.11. The molecular weight excluding hydrogens is 244 g/mol. The van der Waals surface area contributed by atoms with Crippen molar-refractivity contribution < 1.29 is 5.11 Å². The molecule has 1 atom stereocenters. The van der Waals surface area contributed by atoms with Crippen LogP contribution in [0, 0.1) is 0 Å². The number of rotatable bonds is 5. The Morgan fingerprint density at radius 1 is 1.44 bits per heavy atom. The van der Waals surface area contributed by atoms with Crippen LogP contribution in [0.4, 0.5) is 5.69 Å². The summed E-state index contributed by atoms with van der Waals surface area (Å²) >= 11 is 1.79. The van der Waals surface area contributed by atoms with Gasteiger partial charge in [-0.2, -0.15) is 0 Å². The van der Waals surface area contributed by atoms with E-state index in [9.17, 15) is 0 Å². The predicted octanol–water partition coefficient (Wildman–Crippen LogP) is 2.70. The molecule has 0 fully saturated rings. The highest BCUT2D eigenvalue weighted by molar-refractivity contribution is 7.09. The molecule has 3 nitrogen and oxygen atoms in total. The first kappa shape index (κ1) is 13.1. The highest BCUT2D eigenvalue weighted by Gasteiger charge is 2.11. The van der Waals surface area contributed by atoms with Gasteiger partial charge in [0.2, 0.25) is 0 Å². The Balaban J connectivity index is 2.07. The summed E-state index contributed by atoms with van der Waals surface area (Å²) in [6.45, 7) is 2.19. The van der Waals surface area contributed by atoms with Gasteiger partial charge in [-0.05, 0) is 30.5 Å². The normalized spacial score (nSPS) is 12.4. The number of aliphatic hydroxyl groups is 1. The van der Waals surface area contributed by atoms with E-state index in [0.29, 0.717) is 11.7 Å². The van der Waals surface area contributed by atoms with E-state index in [-0.39, 0.29) is 6.61 Å². The highest BCUT2D eigenvalue weighted by atomic mass is 32.1. The first-order chi connectivity index (χ1) is 8.70. The third-order valence-corrected chi connectivity index (χ3v) is 4.01. The third kappa shape index (κ3) is 3.09. The van der Waals surface area contributed by atoms with Gasteiger partial charge >= 0.3 is 0 Å². The van der Waals surface area contributed by atoms with Crippen molar-refractivity contribution in [2.45, 2.75) is 26.0 Å². The predicted molar refractivity (Wildman–Crippen MR) is 76.0 cm³/mol. The van der Waals surface area contributed by atoms with Crippen LogP contribution in [0.1, 0.15) is 17.5 Å². The Hall–Kier alpha value is -1.39. The lowest BCUT2D eigenvalue weighted by Gasteiger charge is -2.27. The largest absolute Gasteiger partial charge is 0.390 e. The van der Waals surface area contributed by atoms with E-state index >= 15 is 0 Å². The highest BCUT2D eigenvalue weighted by Crippen LogP contribution is 2.19. The topological polar surface area (TPSA) is 36.4 Å². The number of nitrogens with zero attached hydrogens (tertiary/aromatic N) is 2. The SMILES string of the molecule is CC(Cc1cccs1)N(C)c1ccnc(CO)c1. The number of aromatic nitrogens is 1. The Morgan fingerprint density at radius 3 is 2.94 bits per heavy atom. The number of anilines is 1. The molecule has 0 saturated carbocycles. The minimum Gasteiger partial charge on any atom is -0.390 e. The van der Waals surface area contributed by atoms with Gasteiger partial charge in [0.1, 0.15) is 0 Å². The first-order valence-electron chi connectivity index (χ1n) is 6.01. The van der Waals surface area contributed by atoms with Crippen molar-refractivity contribution in [3.05, 3.63) is 46.4 Å². The molecule has 0 aliphatic rings. The van der Waals surface area contributed by atoms with Crippen molar-refractivity contribution in [2.75, 3.05) is 11.9 Å². The number of aliphatic hydroxyl groups excluding tert-OH is 1. The maximum absolute atomic E-state index is 9.11. The van der Waals surface area contributed by atoms with Gasteiger partial charge in [0.05, 0.1) is 12.3 Å². The summed E-state index contributed by atoms with van der Waals surface area (Å²) in [5.74, 6) is 0. The molecule has 2 aromatic heterocycles. The fourth-order valence-corrected chi connectivity index (χ4v) is 2.71. The van der Waals surface area contributed by atoms with Crippen molar-refractivity contribution in [3.8, 4) is 0 Å². The van der Waals surface area contributed by atoms with E-state index in [2.05, 4.69) is 41.4 Å². The van der Waals surface area contributed by atoms with E-state index in [0.717, 1.165) is 12.1 Å². The molecule has 0 aliphatic heterocycles. The second kappa shape index (κ2) is 5.98. The number of thiophene rings is 1. The zero-order valence-electron chi connectivity index (χ0n) is 10.7. The number of hydrogen-bond acceptors (Lipinski definition) is 4. The second-order valence-electron chi connectivity index (χ2n) is 4.41. The average Bonchev–Trinajstić information content (AvgIpc) is 2.90. The van der Waals surface area contributed by atoms with Crippen molar-refractivity contribution in [3.63, 3.8) is 0 Å². The average molecular weight is 262 g/mol. The van der Waals surface area contributed by atoms with Gasteiger partial charge in [-0.3, -0.25) is 4.98 Å². The van der Waals surface area contributed by atoms with Crippen LogP contribution in [-0.2, 0) is 13.0 Å². The van der Waals surface area contributed by atoms with E-state index in [1.165, 1.54) is 4.88 Å². The zero-order valence-corrected chi connectivity index (χ0v) is 11.5. The van der Waals surface area contributed by atoms with E-state index in [1.54, 1.807) is 17.5 Å². The first-order valence-corrected chi connectivity index (χ1v) is 6.89. The summed E-state index contributed by atoms with van der Waals surface area (Å²) in [7, 11) is 2.08. The number of hydrogen-bond donors (Lipinski definition) is 1. The van der Waals surface area contributed by atoms with Crippen molar-refractivity contribution in [1.29, 1.82) is 0 Å². The third-order valence-electron chi connectivity index (χ3n) is 3.11. The quantitative estimate of drug-likeness (QED) is 0.900. The summed E-state index contributed by atoms with van der Waals surface area (Å²) in [4.78, 5) is 7.72. The van der Waals surface area contributed by atoms with Crippen LogP contribution in [-0.4, -0.2) is 23.2 Å². The molecule has 0 aromatic carbocycles. The van der Waals surface area contributed by atoms with E-state index in [4.69, 9.17) is 5.11 Å². The Kier molecular flexibility index (Phi) is 4.33. The number of likely N-dealkylation sites (N-methyl/N-ethyl adjacent to an activating group) is 1. The molecule has 0 aliphatic carbocycles. The second-order valence-corrected chi connectivity index (χ2v) is 5.44. The molecule has 2 heterocycles. The lowest BCUT2D eigenvalue weighted by Crippen LogP contribution is -2.30. The van der Waals surface area contributed by atoms with Gasteiger partial charge in [-0.15, -0.1) is 11.3 Å². The van der Waals surface area contributed by atoms with E-state index < -0.39 is 0 Å². The van der Waals surface area contributed by atoms with Gasteiger partial charge in [0.25, 0.3) is 0 Å². The lowest BCUT2D eigenvalue weighted by molar-refractivity contribution is 0.277. The Bertz CT molecular complexity index is 484. The lowest BCUT2D eigenvalue weighted by atomic mass is 10.1. The van der Waals surface area contributed by atoms with Crippen molar-refractivity contribution in [1.82, 2.24) is 4.98 Å². The summed E-state index contributed by atoms with van der Waals surface area (Å²) < 4.78 is 0. The molecule has 4 heteroatoms. The number of pyridine rings is 1. The minimum atomic E-state index is -0.0129. The monoisotopic (exact) mass is 262 g/mol. The molecule has 0 amide bonds. The van der Waals surface area contributed by atoms with Gasteiger partial charge in [-0.25, -0.2) is 0 Å². The standard InChI is InChI=1S/C14H18N2OS/c1-11(8-14-4-3-7-18-14)16(2)13-5-6-15-12(9-13)10-17/h3-7,9,11,17H,8,10H2,1-2H3. The van der Waals surface area contributed by atoms with Gasteiger partial charge in [0.15, 0.2) is 0 Å². The molecule has 2 rings (SSSR count). The molecule has 1 unspecified atom stereocenters. The molecule has 0 saturated heterocycles. The molecule has 0 spiro atoms. The molecule has 18 heavy (non-hydrogen) atoms. The fraction of sp³-hybridized carbons (Fsp3) is 0.357. The van der Waals surface area contributed by atoms with Crippen molar-refractivity contribution in [2.24, 2.45) is 0 Å². The Labute approximate surface area is 112 Å². The summed E-state index contributed by atoms with van der Waals surface area (Å²) in [5.41, 5.74) is 1.81. The van der Waals surface area contributed by atoms with Crippen LogP contribution in [0.25, 0.3) is 0 Å². The van der Waals surface area contributed by atoms with E-state index in [1.807, 2.05) is 12.1 Å². The zero-order chi connectivity index (χ0) is 13.0. The smallest absolute Gasteiger partial charge is 0.0853 e. The summed E-state index contributed by atoms with van der Waals surface area (Å²) in [5, 5.41) is 11.2.